The first-order valence-corrected chi connectivity index (χ1v) is 12.5. The van der Waals surface area contributed by atoms with E-state index in [1.54, 1.807) is 16.7 Å². The minimum atomic E-state index is -4.04. The second-order valence-corrected chi connectivity index (χ2v) is 10.1. The number of halogens is 1. The molecule has 0 aliphatic carbocycles. The first kappa shape index (κ1) is 24.3. The van der Waals surface area contributed by atoms with Gasteiger partial charge < -0.3 is 14.2 Å². The number of sulfonamides is 1. The molecule has 1 saturated heterocycles. The zero-order valence-corrected chi connectivity index (χ0v) is 20.5. The van der Waals surface area contributed by atoms with Gasteiger partial charge in [0.2, 0.25) is 16.0 Å². The topological polar surface area (TPSA) is 130 Å². The first-order valence-electron chi connectivity index (χ1n) is 10.6. The molecule has 3 aromatic rings. The summed E-state index contributed by atoms with van der Waals surface area (Å²) in [5.74, 6) is 1.21. The highest BCUT2D eigenvalue weighted by Gasteiger charge is 2.35. The number of methoxy groups -OCH3 is 2. The highest BCUT2D eigenvalue weighted by Crippen LogP contribution is 2.34. The van der Waals surface area contributed by atoms with E-state index in [1.807, 2.05) is 12.1 Å². The van der Waals surface area contributed by atoms with E-state index < -0.39 is 21.4 Å². The van der Waals surface area contributed by atoms with E-state index >= 15 is 0 Å². The van der Waals surface area contributed by atoms with Crippen LogP contribution in [0.15, 0.2) is 36.7 Å². The summed E-state index contributed by atoms with van der Waals surface area (Å²) in [6.07, 6.45) is 3.12. The van der Waals surface area contributed by atoms with Crippen LogP contribution in [-0.2, 0) is 19.5 Å². The average Bonchev–Trinajstić information content (AvgIpc) is 3.50. The number of hydrogen-bond acceptors (Lipinski definition) is 9. The fourth-order valence-corrected chi connectivity index (χ4v) is 4.99. The van der Waals surface area contributed by atoms with Gasteiger partial charge in [-0.1, -0.05) is 23.7 Å². The van der Waals surface area contributed by atoms with Gasteiger partial charge >= 0.3 is 0 Å². The zero-order chi connectivity index (χ0) is 24.3. The normalized spacial score (nSPS) is 17.9. The lowest BCUT2D eigenvalue weighted by Gasteiger charge is -2.22. The molecule has 4 rings (SSSR count). The van der Waals surface area contributed by atoms with E-state index in [0.29, 0.717) is 28.9 Å². The smallest absolute Gasteiger partial charge is 0.243 e. The van der Waals surface area contributed by atoms with E-state index in [0.717, 1.165) is 12.8 Å². The van der Waals surface area contributed by atoms with Gasteiger partial charge in [0.1, 0.15) is 23.2 Å². The van der Waals surface area contributed by atoms with Crippen LogP contribution in [0.4, 0.5) is 5.95 Å². The Kier molecular flexibility index (Phi) is 7.31. The Morgan fingerprint density at radius 1 is 1.21 bits per heavy atom. The summed E-state index contributed by atoms with van der Waals surface area (Å²) in [6, 6.07) is 7.20. The van der Waals surface area contributed by atoms with Crippen LogP contribution in [0, 0.1) is 0 Å². The Hall–Kier alpha value is -2.80. The second kappa shape index (κ2) is 10.2. The van der Waals surface area contributed by atoms with Gasteiger partial charge in [-0.3, -0.25) is 9.29 Å². The number of rotatable bonds is 9. The summed E-state index contributed by atoms with van der Waals surface area (Å²) in [5, 5.41) is 7.66. The summed E-state index contributed by atoms with van der Waals surface area (Å²) in [7, 11) is -1.11. The molecule has 0 saturated carbocycles. The molecule has 2 aromatic heterocycles. The first-order chi connectivity index (χ1) is 16.4. The minimum Gasteiger partial charge on any atom is -0.495 e. The van der Waals surface area contributed by atoms with Gasteiger partial charge in [0.15, 0.2) is 11.6 Å². The number of ether oxygens (including phenoxy) is 3. The molecule has 1 aliphatic heterocycles. The van der Waals surface area contributed by atoms with E-state index in [1.165, 1.54) is 33.5 Å². The second-order valence-electron chi connectivity index (χ2n) is 7.66. The van der Waals surface area contributed by atoms with Gasteiger partial charge in [-0.15, -0.1) is 10.2 Å². The molecule has 1 N–H and O–H groups in total. The Labute approximate surface area is 202 Å². The largest absolute Gasteiger partial charge is 0.495 e. The molecule has 11 nitrogen and oxygen atoms in total. The standard InChI is InChI=1S/C21H25ClN6O5S/c1-13(18(32-3)19-23-11-14(22)12-24-19)34(29,30)27-21-26-25-20(17-9-6-10-33-17)28(21)15-7-4-5-8-16(15)31-2/h4-5,7-8,11-13,17-18H,6,9-10H2,1-3H3,(H,26,27)/t13?,17-,18?/m0/s1. The molecule has 1 aliphatic rings. The third kappa shape index (κ3) is 4.85. The molecule has 34 heavy (non-hydrogen) atoms. The lowest BCUT2D eigenvalue weighted by Crippen LogP contribution is -2.33. The summed E-state index contributed by atoms with van der Waals surface area (Å²) in [4.78, 5) is 8.22. The van der Waals surface area contributed by atoms with Crippen molar-refractivity contribution in [1.29, 1.82) is 0 Å². The van der Waals surface area contributed by atoms with Crippen molar-refractivity contribution >= 4 is 27.6 Å². The maximum atomic E-state index is 13.4. The summed E-state index contributed by atoms with van der Waals surface area (Å²) >= 11 is 5.86. The van der Waals surface area contributed by atoms with Crippen LogP contribution >= 0.6 is 11.6 Å². The molecule has 3 heterocycles. The Morgan fingerprint density at radius 2 is 1.94 bits per heavy atom. The van der Waals surface area contributed by atoms with Crippen molar-refractivity contribution < 1.29 is 22.6 Å². The number of nitrogens with zero attached hydrogens (tertiary/aromatic N) is 5. The minimum absolute atomic E-state index is 0.00808. The van der Waals surface area contributed by atoms with Crippen molar-refractivity contribution in [2.24, 2.45) is 0 Å². The summed E-state index contributed by atoms with van der Waals surface area (Å²) < 4.78 is 47.7. The van der Waals surface area contributed by atoms with Gasteiger partial charge in [-0.05, 0) is 31.9 Å². The average molecular weight is 509 g/mol. The highest BCUT2D eigenvalue weighted by molar-refractivity contribution is 7.93. The van der Waals surface area contributed by atoms with Gasteiger partial charge in [0.05, 0.1) is 17.8 Å². The predicted molar refractivity (Wildman–Crippen MR) is 125 cm³/mol. The van der Waals surface area contributed by atoms with Gasteiger partial charge in [0.25, 0.3) is 0 Å². The summed E-state index contributed by atoms with van der Waals surface area (Å²) in [5.41, 5.74) is 0.579. The van der Waals surface area contributed by atoms with Crippen molar-refractivity contribution in [3.05, 3.63) is 53.3 Å². The molecule has 1 aromatic carbocycles. The molecular weight excluding hydrogens is 484 g/mol. The van der Waals surface area contributed by atoms with Crippen molar-refractivity contribution in [3.8, 4) is 11.4 Å². The van der Waals surface area contributed by atoms with Crippen LogP contribution in [0.2, 0.25) is 5.02 Å². The Balaban J connectivity index is 1.72. The van der Waals surface area contributed by atoms with Crippen molar-refractivity contribution in [2.75, 3.05) is 25.5 Å². The number of benzene rings is 1. The maximum absolute atomic E-state index is 13.4. The maximum Gasteiger partial charge on any atom is 0.243 e. The van der Waals surface area contributed by atoms with E-state index in [4.69, 9.17) is 25.8 Å². The molecule has 1 fully saturated rings. The molecule has 3 atom stereocenters. The number of para-hydroxylation sites is 2. The van der Waals surface area contributed by atoms with Crippen molar-refractivity contribution in [3.63, 3.8) is 0 Å². The number of aromatic nitrogens is 5. The van der Waals surface area contributed by atoms with Crippen LogP contribution in [0.25, 0.3) is 5.69 Å². The fourth-order valence-electron chi connectivity index (χ4n) is 3.76. The van der Waals surface area contributed by atoms with Crippen molar-refractivity contribution in [2.45, 2.75) is 37.2 Å². The molecule has 2 unspecified atom stereocenters. The molecule has 0 bridgehead atoms. The summed E-state index contributed by atoms with van der Waals surface area (Å²) in [6.45, 7) is 2.09. The number of hydrogen-bond donors (Lipinski definition) is 1. The molecule has 0 amide bonds. The van der Waals surface area contributed by atoms with Crippen LogP contribution in [0.3, 0.4) is 0 Å². The van der Waals surface area contributed by atoms with Crippen LogP contribution < -0.4 is 9.46 Å². The molecule has 0 radical (unpaired) electrons. The van der Waals surface area contributed by atoms with Gasteiger partial charge in [-0.2, -0.15) is 0 Å². The van der Waals surface area contributed by atoms with Gasteiger partial charge in [0, 0.05) is 26.1 Å². The third-order valence-corrected chi connectivity index (χ3v) is 7.42. The predicted octanol–water partition coefficient (Wildman–Crippen LogP) is 3.09. The lowest BCUT2D eigenvalue weighted by atomic mass is 10.2. The zero-order valence-electron chi connectivity index (χ0n) is 18.9. The van der Waals surface area contributed by atoms with E-state index in [9.17, 15) is 8.42 Å². The molecule has 0 spiro atoms. The molecular formula is C21H25ClN6O5S. The van der Waals surface area contributed by atoms with Crippen LogP contribution in [0.1, 0.15) is 43.6 Å². The monoisotopic (exact) mass is 508 g/mol. The SMILES string of the molecule is COc1ccccc1-n1c(NS(=O)(=O)C(C)C(OC)c2ncc(Cl)cn2)nnc1[C@@H]1CCCO1. The Morgan fingerprint density at radius 3 is 2.59 bits per heavy atom. The van der Waals surface area contributed by atoms with Crippen molar-refractivity contribution in [1.82, 2.24) is 24.7 Å². The number of nitrogens with one attached hydrogen (secondary N) is 1. The molecule has 13 heteroatoms. The molecule has 182 valence electrons. The quantitative estimate of drug-likeness (QED) is 0.463. The van der Waals surface area contributed by atoms with Gasteiger partial charge in [-0.25, -0.2) is 18.4 Å². The van der Waals surface area contributed by atoms with Crippen LogP contribution in [0.5, 0.6) is 5.75 Å². The van der Waals surface area contributed by atoms with E-state index in [-0.39, 0.29) is 17.9 Å². The highest BCUT2D eigenvalue weighted by atomic mass is 35.5. The Bertz CT molecular complexity index is 1230. The fraction of sp³-hybridized carbons (Fsp3) is 0.429. The van der Waals surface area contributed by atoms with Crippen LogP contribution in [-0.4, -0.2) is 59.2 Å². The third-order valence-electron chi connectivity index (χ3n) is 5.53. The lowest BCUT2D eigenvalue weighted by molar-refractivity contribution is 0.0950. The van der Waals surface area contributed by atoms with E-state index in [2.05, 4.69) is 24.9 Å². The number of anilines is 1.